The standard InChI is InChI=1S/C14H24N2/c1-4-5-6-9-12(2)16-13(3)14-10-7-8-11-15-14/h7-8,10-13,16H,4-6,9H2,1-3H3/t12?,13-/m0/s1. The van der Waals surface area contributed by atoms with E-state index in [1.165, 1.54) is 25.7 Å². The summed E-state index contributed by atoms with van der Waals surface area (Å²) in [6, 6.07) is 7.00. The second kappa shape index (κ2) is 7.39. The van der Waals surface area contributed by atoms with Crippen molar-refractivity contribution < 1.29 is 0 Å². The van der Waals surface area contributed by atoms with Crippen molar-refractivity contribution in [3.05, 3.63) is 30.1 Å². The van der Waals surface area contributed by atoms with Gasteiger partial charge in [0.15, 0.2) is 0 Å². The van der Waals surface area contributed by atoms with Gasteiger partial charge in [-0.3, -0.25) is 4.98 Å². The number of nitrogens with one attached hydrogen (secondary N) is 1. The normalized spacial score (nSPS) is 14.7. The van der Waals surface area contributed by atoms with E-state index in [1.54, 1.807) is 0 Å². The fourth-order valence-corrected chi connectivity index (χ4v) is 1.93. The van der Waals surface area contributed by atoms with E-state index in [-0.39, 0.29) is 0 Å². The Morgan fingerprint density at radius 1 is 1.25 bits per heavy atom. The number of nitrogens with zero attached hydrogens (tertiary/aromatic N) is 1. The van der Waals surface area contributed by atoms with E-state index in [0.717, 1.165) is 5.69 Å². The molecule has 1 N–H and O–H groups in total. The van der Waals surface area contributed by atoms with E-state index >= 15 is 0 Å². The van der Waals surface area contributed by atoms with Gasteiger partial charge in [-0.15, -0.1) is 0 Å². The minimum absolute atomic E-state index is 0.345. The van der Waals surface area contributed by atoms with Crippen molar-refractivity contribution in [1.29, 1.82) is 0 Å². The molecule has 0 aromatic carbocycles. The minimum Gasteiger partial charge on any atom is -0.306 e. The lowest BCUT2D eigenvalue weighted by Gasteiger charge is -2.19. The van der Waals surface area contributed by atoms with Crippen LogP contribution in [0.15, 0.2) is 24.4 Å². The van der Waals surface area contributed by atoms with Crippen LogP contribution >= 0.6 is 0 Å². The molecule has 1 aromatic rings. The van der Waals surface area contributed by atoms with Gasteiger partial charge in [0.1, 0.15) is 0 Å². The van der Waals surface area contributed by atoms with Crippen LogP contribution < -0.4 is 5.32 Å². The molecule has 0 aliphatic heterocycles. The molecule has 0 bridgehead atoms. The van der Waals surface area contributed by atoms with Crippen LogP contribution in [0.2, 0.25) is 0 Å². The summed E-state index contributed by atoms with van der Waals surface area (Å²) < 4.78 is 0. The summed E-state index contributed by atoms with van der Waals surface area (Å²) in [5.74, 6) is 0. The SMILES string of the molecule is CCCCCC(C)N[C@@H](C)c1ccccn1. The Morgan fingerprint density at radius 2 is 2.06 bits per heavy atom. The Kier molecular flexibility index (Phi) is 6.09. The minimum atomic E-state index is 0.345. The fraction of sp³-hybridized carbons (Fsp3) is 0.643. The number of pyridine rings is 1. The third kappa shape index (κ3) is 4.75. The first-order valence-electron chi connectivity index (χ1n) is 6.41. The molecule has 0 saturated carbocycles. The van der Waals surface area contributed by atoms with Gasteiger partial charge in [-0.1, -0.05) is 32.3 Å². The molecule has 1 aromatic heterocycles. The van der Waals surface area contributed by atoms with Gasteiger partial charge >= 0.3 is 0 Å². The van der Waals surface area contributed by atoms with E-state index in [1.807, 2.05) is 18.3 Å². The van der Waals surface area contributed by atoms with E-state index < -0.39 is 0 Å². The molecule has 2 heteroatoms. The van der Waals surface area contributed by atoms with Crippen LogP contribution in [0.4, 0.5) is 0 Å². The van der Waals surface area contributed by atoms with Crippen LogP contribution in [0.1, 0.15) is 58.2 Å². The Hall–Kier alpha value is -0.890. The average Bonchev–Trinajstić information content (AvgIpc) is 2.30. The highest BCUT2D eigenvalue weighted by Gasteiger charge is 2.09. The van der Waals surface area contributed by atoms with Crippen LogP contribution in [0.5, 0.6) is 0 Å². The van der Waals surface area contributed by atoms with Crippen LogP contribution in [0.3, 0.4) is 0 Å². The monoisotopic (exact) mass is 220 g/mol. The highest BCUT2D eigenvalue weighted by atomic mass is 15.0. The molecular weight excluding hydrogens is 196 g/mol. The summed E-state index contributed by atoms with van der Waals surface area (Å²) in [4.78, 5) is 4.37. The molecule has 1 rings (SSSR count). The van der Waals surface area contributed by atoms with E-state index in [0.29, 0.717) is 12.1 Å². The second-order valence-electron chi connectivity index (χ2n) is 4.54. The van der Waals surface area contributed by atoms with Crippen molar-refractivity contribution in [1.82, 2.24) is 10.3 Å². The largest absolute Gasteiger partial charge is 0.306 e. The maximum Gasteiger partial charge on any atom is 0.0570 e. The number of rotatable bonds is 7. The van der Waals surface area contributed by atoms with Gasteiger partial charge < -0.3 is 5.32 Å². The van der Waals surface area contributed by atoms with Gasteiger partial charge in [0, 0.05) is 18.3 Å². The maximum absolute atomic E-state index is 4.37. The Balaban J connectivity index is 2.31. The van der Waals surface area contributed by atoms with E-state index in [4.69, 9.17) is 0 Å². The Labute approximate surface area is 99.5 Å². The highest BCUT2D eigenvalue weighted by Crippen LogP contribution is 2.11. The van der Waals surface area contributed by atoms with Crippen LogP contribution in [0, 0.1) is 0 Å². The molecule has 0 saturated heterocycles. The summed E-state index contributed by atoms with van der Waals surface area (Å²) in [5, 5.41) is 3.59. The molecule has 0 spiro atoms. The zero-order valence-corrected chi connectivity index (χ0v) is 10.7. The average molecular weight is 220 g/mol. The molecular formula is C14H24N2. The maximum atomic E-state index is 4.37. The second-order valence-corrected chi connectivity index (χ2v) is 4.54. The van der Waals surface area contributed by atoms with Crippen LogP contribution in [-0.2, 0) is 0 Å². The van der Waals surface area contributed by atoms with Crippen molar-refractivity contribution in [2.75, 3.05) is 0 Å². The first-order valence-corrected chi connectivity index (χ1v) is 6.41. The van der Waals surface area contributed by atoms with Gasteiger partial charge in [0.2, 0.25) is 0 Å². The Morgan fingerprint density at radius 3 is 2.69 bits per heavy atom. The fourth-order valence-electron chi connectivity index (χ4n) is 1.93. The molecule has 0 aliphatic rings. The number of unbranched alkanes of at least 4 members (excludes halogenated alkanes) is 2. The van der Waals surface area contributed by atoms with Crippen LogP contribution in [-0.4, -0.2) is 11.0 Å². The van der Waals surface area contributed by atoms with Gasteiger partial charge in [0.05, 0.1) is 5.69 Å². The summed E-state index contributed by atoms with van der Waals surface area (Å²) in [7, 11) is 0. The lowest BCUT2D eigenvalue weighted by molar-refractivity contribution is 0.435. The zero-order chi connectivity index (χ0) is 11.8. The zero-order valence-electron chi connectivity index (χ0n) is 10.7. The first-order chi connectivity index (χ1) is 7.74. The van der Waals surface area contributed by atoms with Gasteiger partial charge in [0.25, 0.3) is 0 Å². The molecule has 2 nitrogen and oxygen atoms in total. The van der Waals surface area contributed by atoms with Crippen molar-refractivity contribution >= 4 is 0 Å². The molecule has 1 unspecified atom stereocenters. The van der Waals surface area contributed by atoms with E-state index in [9.17, 15) is 0 Å². The Bertz CT molecular complexity index is 271. The van der Waals surface area contributed by atoms with Crippen molar-refractivity contribution in [3.63, 3.8) is 0 Å². The molecule has 0 aliphatic carbocycles. The summed E-state index contributed by atoms with van der Waals surface area (Å²) >= 11 is 0. The van der Waals surface area contributed by atoms with Crippen LogP contribution in [0.25, 0.3) is 0 Å². The van der Waals surface area contributed by atoms with Crippen molar-refractivity contribution in [2.45, 2.75) is 58.5 Å². The van der Waals surface area contributed by atoms with Gasteiger partial charge in [-0.05, 0) is 32.4 Å². The molecule has 90 valence electrons. The predicted molar refractivity (Wildman–Crippen MR) is 69.4 cm³/mol. The van der Waals surface area contributed by atoms with Crippen molar-refractivity contribution in [2.24, 2.45) is 0 Å². The predicted octanol–water partition coefficient (Wildman–Crippen LogP) is 3.70. The lowest BCUT2D eigenvalue weighted by atomic mass is 10.1. The summed E-state index contributed by atoms with van der Waals surface area (Å²) in [6.45, 7) is 6.68. The third-order valence-electron chi connectivity index (χ3n) is 2.91. The van der Waals surface area contributed by atoms with E-state index in [2.05, 4.69) is 37.1 Å². The van der Waals surface area contributed by atoms with Gasteiger partial charge in [-0.25, -0.2) is 0 Å². The smallest absolute Gasteiger partial charge is 0.0570 e. The number of hydrogen-bond acceptors (Lipinski definition) is 2. The summed E-state index contributed by atoms with van der Waals surface area (Å²) in [5.41, 5.74) is 1.13. The van der Waals surface area contributed by atoms with Gasteiger partial charge in [-0.2, -0.15) is 0 Å². The number of aromatic nitrogens is 1. The quantitative estimate of drug-likeness (QED) is 0.709. The molecule has 0 amide bonds. The highest BCUT2D eigenvalue weighted by molar-refractivity contribution is 5.07. The molecule has 1 heterocycles. The summed E-state index contributed by atoms with van der Waals surface area (Å²) in [6.07, 6.45) is 7.06. The molecule has 2 atom stereocenters. The molecule has 16 heavy (non-hydrogen) atoms. The van der Waals surface area contributed by atoms with Crippen molar-refractivity contribution in [3.8, 4) is 0 Å². The number of hydrogen-bond donors (Lipinski definition) is 1. The first kappa shape index (κ1) is 13.2. The third-order valence-corrected chi connectivity index (χ3v) is 2.91. The lowest BCUT2D eigenvalue weighted by Crippen LogP contribution is -2.29. The molecule has 0 radical (unpaired) electrons. The topological polar surface area (TPSA) is 24.9 Å². The molecule has 0 fully saturated rings.